The number of nitrogens with one attached hydrogen (secondary N) is 2. The van der Waals surface area contributed by atoms with E-state index in [1.807, 2.05) is 54.6 Å². The van der Waals surface area contributed by atoms with E-state index in [0.717, 1.165) is 23.3 Å². The molecule has 3 rings (SSSR count). The van der Waals surface area contributed by atoms with Gasteiger partial charge in [-0.1, -0.05) is 42.5 Å². The van der Waals surface area contributed by atoms with Crippen LogP contribution < -0.4 is 9.46 Å². The monoisotopic (exact) mass is 399 g/mol. The third-order valence-corrected chi connectivity index (χ3v) is 6.16. The number of rotatable bonds is 9. The summed E-state index contributed by atoms with van der Waals surface area (Å²) in [6.07, 6.45) is 1.49. The Balaban J connectivity index is 1.45. The van der Waals surface area contributed by atoms with Crippen molar-refractivity contribution in [2.45, 2.75) is 38.2 Å². The molecule has 0 unspecified atom stereocenters. The van der Waals surface area contributed by atoms with Gasteiger partial charge in [-0.15, -0.1) is 0 Å². The van der Waals surface area contributed by atoms with Crippen molar-refractivity contribution in [2.24, 2.45) is 0 Å². The van der Waals surface area contributed by atoms with E-state index >= 15 is 0 Å². The lowest BCUT2D eigenvalue weighted by molar-refractivity contribution is 0.306. The number of benzene rings is 2. The number of H-pyrrole nitrogens is 1. The third kappa shape index (κ3) is 5.21. The molecule has 0 saturated carbocycles. The molecule has 2 aromatic carbocycles. The zero-order valence-corrected chi connectivity index (χ0v) is 16.9. The van der Waals surface area contributed by atoms with Gasteiger partial charge in [0.15, 0.2) is 0 Å². The molecule has 0 spiro atoms. The lowest BCUT2D eigenvalue weighted by atomic mass is 10.1. The fraction of sp³-hybridized carbons (Fsp3) is 0.286. The summed E-state index contributed by atoms with van der Waals surface area (Å²) in [6, 6.07) is 17.9. The van der Waals surface area contributed by atoms with Crippen molar-refractivity contribution in [2.75, 3.05) is 6.54 Å². The second kappa shape index (κ2) is 9.03. The van der Waals surface area contributed by atoms with Gasteiger partial charge in [-0.25, -0.2) is 13.1 Å². The van der Waals surface area contributed by atoms with Gasteiger partial charge in [0.1, 0.15) is 17.3 Å². The molecule has 0 fully saturated rings. The minimum absolute atomic E-state index is 0.243. The van der Waals surface area contributed by atoms with E-state index in [4.69, 9.17) is 4.74 Å². The van der Waals surface area contributed by atoms with Crippen LogP contribution in [0.4, 0.5) is 0 Å². The molecule has 0 amide bonds. The highest BCUT2D eigenvalue weighted by Crippen LogP contribution is 2.17. The Labute approximate surface area is 166 Å². The first kappa shape index (κ1) is 20.1. The zero-order chi connectivity index (χ0) is 20.0. The van der Waals surface area contributed by atoms with E-state index in [2.05, 4.69) is 14.9 Å². The molecule has 0 aliphatic carbocycles. The van der Waals surface area contributed by atoms with Crippen LogP contribution in [0.3, 0.4) is 0 Å². The normalized spacial score (nSPS) is 11.5. The predicted molar refractivity (Wildman–Crippen MR) is 109 cm³/mol. The molecule has 7 heteroatoms. The van der Waals surface area contributed by atoms with Crippen LogP contribution in [0, 0.1) is 13.8 Å². The molecule has 1 aromatic heterocycles. The van der Waals surface area contributed by atoms with Crippen molar-refractivity contribution in [1.82, 2.24) is 14.9 Å². The van der Waals surface area contributed by atoms with Gasteiger partial charge in [-0.05, 0) is 49.9 Å². The van der Waals surface area contributed by atoms with Gasteiger partial charge in [0.2, 0.25) is 10.0 Å². The maximum Gasteiger partial charge on any atom is 0.244 e. The summed E-state index contributed by atoms with van der Waals surface area (Å²) >= 11 is 0. The van der Waals surface area contributed by atoms with Crippen LogP contribution in [0.25, 0.3) is 0 Å². The van der Waals surface area contributed by atoms with E-state index in [-0.39, 0.29) is 4.90 Å². The molecular weight excluding hydrogens is 374 g/mol. The molecular formula is C21H25N3O3S. The molecule has 0 aliphatic heterocycles. The Morgan fingerprint density at radius 1 is 1.00 bits per heavy atom. The average molecular weight is 400 g/mol. The van der Waals surface area contributed by atoms with Crippen LogP contribution in [0.1, 0.15) is 28.9 Å². The number of aryl methyl sites for hydroxylation is 3. The van der Waals surface area contributed by atoms with Crippen LogP contribution >= 0.6 is 0 Å². The number of nitrogens with zero attached hydrogens (tertiary/aromatic N) is 1. The lowest BCUT2D eigenvalue weighted by Crippen LogP contribution is -2.26. The Bertz CT molecular complexity index is 978. The van der Waals surface area contributed by atoms with Gasteiger partial charge in [0.05, 0.1) is 11.4 Å². The molecule has 148 valence electrons. The first-order valence-electron chi connectivity index (χ1n) is 9.22. The van der Waals surface area contributed by atoms with Gasteiger partial charge in [0.25, 0.3) is 0 Å². The van der Waals surface area contributed by atoms with Crippen molar-refractivity contribution in [3.05, 3.63) is 77.1 Å². The number of hydrogen-bond acceptors (Lipinski definition) is 4. The summed E-state index contributed by atoms with van der Waals surface area (Å²) < 4.78 is 33.2. The van der Waals surface area contributed by atoms with Gasteiger partial charge < -0.3 is 4.74 Å². The molecule has 2 N–H and O–H groups in total. The topological polar surface area (TPSA) is 84.1 Å². The standard InChI is InChI=1S/C21H25N3O3S/c1-16-21(17(2)24-23-16)28(25,26)22-14-6-9-18-10-12-20(13-11-18)27-15-19-7-4-3-5-8-19/h3-5,7-8,10-13,22H,6,9,14-15H2,1-2H3,(H,23,24). The predicted octanol–water partition coefficient (Wildman–Crippen LogP) is 3.52. The van der Waals surface area contributed by atoms with E-state index in [9.17, 15) is 8.42 Å². The maximum atomic E-state index is 12.4. The Morgan fingerprint density at radius 3 is 2.36 bits per heavy atom. The molecule has 0 radical (unpaired) electrons. The first-order chi connectivity index (χ1) is 13.5. The summed E-state index contributed by atoms with van der Waals surface area (Å²) in [6.45, 7) is 4.29. The Kier molecular flexibility index (Phi) is 6.49. The fourth-order valence-electron chi connectivity index (χ4n) is 3.00. The first-order valence-corrected chi connectivity index (χ1v) is 10.7. The van der Waals surface area contributed by atoms with E-state index in [1.165, 1.54) is 0 Å². The molecule has 0 saturated heterocycles. The molecule has 0 aliphatic rings. The van der Waals surface area contributed by atoms with Crippen molar-refractivity contribution in [1.29, 1.82) is 0 Å². The second-order valence-electron chi connectivity index (χ2n) is 6.68. The summed E-state index contributed by atoms with van der Waals surface area (Å²) in [5, 5.41) is 6.65. The SMILES string of the molecule is Cc1n[nH]c(C)c1S(=O)(=O)NCCCc1ccc(OCc2ccccc2)cc1. The summed E-state index contributed by atoms with van der Waals surface area (Å²) in [5.74, 6) is 0.819. The number of ether oxygens (including phenoxy) is 1. The highest BCUT2D eigenvalue weighted by atomic mass is 32.2. The van der Waals surface area contributed by atoms with Gasteiger partial charge in [-0.2, -0.15) is 5.10 Å². The van der Waals surface area contributed by atoms with Crippen molar-refractivity contribution in [3.8, 4) is 5.75 Å². The largest absolute Gasteiger partial charge is 0.489 e. The quantitative estimate of drug-likeness (QED) is 0.539. The molecule has 0 atom stereocenters. The molecule has 3 aromatic rings. The average Bonchev–Trinajstić information content (AvgIpc) is 3.04. The number of sulfonamides is 1. The van der Waals surface area contributed by atoms with Crippen molar-refractivity contribution < 1.29 is 13.2 Å². The summed E-state index contributed by atoms with van der Waals surface area (Å²) in [4.78, 5) is 0.243. The fourth-order valence-corrected chi connectivity index (χ4v) is 4.44. The number of aromatic amines is 1. The van der Waals surface area contributed by atoms with Gasteiger partial charge in [0, 0.05) is 6.54 Å². The molecule has 6 nitrogen and oxygen atoms in total. The van der Waals surface area contributed by atoms with E-state index in [0.29, 0.717) is 31.0 Å². The third-order valence-electron chi connectivity index (χ3n) is 4.44. The zero-order valence-electron chi connectivity index (χ0n) is 16.1. The highest BCUT2D eigenvalue weighted by molar-refractivity contribution is 7.89. The maximum absolute atomic E-state index is 12.4. The van der Waals surface area contributed by atoms with Crippen molar-refractivity contribution >= 4 is 10.0 Å². The molecule has 0 bridgehead atoms. The highest BCUT2D eigenvalue weighted by Gasteiger charge is 2.21. The van der Waals surface area contributed by atoms with Crippen LogP contribution in [-0.4, -0.2) is 25.2 Å². The van der Waals surface area contributed by atoms with Gasteiger partial charge >= 0.3 is 0 Å². The second-order valence-corrected chi connectivity index (χ2v) is 8.39. The van der Waals surface area contributed by atoms with Crippen LogP contribution in [0.5, 0.6) is 5.75 Å². The van der Waals surface area contributed by atoms with Gasteiger partial charge in [-0.3, -0.25) is 5.10 Å². The number of aromatic nitrogens is 2. The Hall–Kier alpha value is -2.64. The minimum atomic E-state index is -3.54. The van der Waals surface area contributed by atoms with Crippen LogP contribution in [0.2, 0.25) is 0 Å². The molecule has 28 heavy (non-hydrogen) atoms. The minimum Gasteiger partial charge on any atom is -0.489 e. The van der Waals surface area contributed by atoms with Crippen LogP contribution in [-0.2, 0) is 23.1 Å². The van der Waals surface area contributed by atoms with E-state index in [1.54, 1.807) is 13.8 Å². The molecule has 1 heterocycles. The summed E-state index contributed by atoms with van der Waals surface area (Å²) in [7, 11) is -3.54. The van der Waals surface area contributed by atoms with E-state index < -0.39 is 10.0 Å². The van der Waals surface area contributed by atoms with Crippen molar-refractivity contribution in [3.63, 3.8) is 0 Å². The Morgan fingerprint density at radius 2 is 1.71 bits per heavy atom. The number of hydrogen-bond donors (Lipinski definition) is 2. The van der Waals surface area contributed by atoms with Crippen LogP contribution in [0.15, 0.2) is 59.5 Å². The summed E-state index contributed by atoms with van der Waals surface area (Å²) in [5.41, 5.74) is 3.30. The lowest BCUT2D eigenvalue weighted by Gasteiger charge is -2.08. The smallest absolute Gasteiger partial charge is 0.244 e.